The van der Waals surface area contributed by atoms with Crippen molar-refractivity contribution >= 4 is 0 Å². The van der Waals surface area contributed by atoms with Gasteiger partial charge in [-0.15, -0.1) is 0 Å². The summed E-state index contributed by atoms with van der Waals surface area (Å²) in [5, 5.41) is 0. The summed E-state index contributed by atoms with van der Waals surface area (Å²) in [6.45, 7) is 2.11. The molecule has 17 heavy (non-hydrogen) atoms. The molecule has 0 aromatic rings. The van der Waals surface area contributed by atoms with Crippen LogP contribution in [0.2, 0.25) is 0 Å². The van der Waals surface area contributed by atoms with Crippen molar-refractivity contribution in [3.8, 4) is 0 Å². The van der Waals surface area contributed by atoms with Crippen molar-refractivity contribution in [2.45, 2.75) is 62.6 Å². The number of epoxide rings is 2. The first-order chi connectivity index (χ1) is 8.24. The zero-order valence-corrected chi connectivity index (χ0v) is 10.4. The van der Waals surface area contributed by atoms with E-state index in [1.54, 1.807) is 0 Å². The highest BCUT2D eigenvalue weighted by atomic mass is 16.6. The minimum Gasteiger partial charge on any atom is -0.369 e. The van der Waals surface area contributed by atoms with Gasteiger partial charge in [0.25, 0.3) is 0 Å². The van der Waals surface area contributed by atoms with Crippen LogP contribution in [0, 0.1) is 16.2 Å². The minimum atomic E-state index is 0.285. The van der Waals surface area contributed by atoms with Gasteiger partial charge in [0.1, 0.15) is 11.2 Å². The van der Waals surface area contributed by atoms with Crippen molar-refractivity contribution in [3.63, 3.8) is 0 Å². The van der Waals surface area contributed by atoms with Gasteiger partial charge in [-0.25, -0.2) is 0 Å². The monoisotopic (exact) mass is 232 g/mol. The molecule has 0 bridgehead atoms. The molecule has 4 saturated carbocycles. The third-order valence-corrected chi connectivity index (χ3v) is 7.89. The van der Waals surface area contributed by atoms with Crippen LogP contribution in [-0.2, 0) is 9.47 Å². The Kier molecular flexibility index (Phi) is 1.06. The number of rotatable bonds is 0. The van der Waals surface area contributed by atoms with E-state index in [4.69, 9.17) is 9.47 Å². The molecule has 0 unspecified atom stereocenters. The average molecular weight is 232 g/mol. The molecule has 2 aliphatic heterocycles. The van der Waals surface area contributed by atoms with E-state index in [1.165, 1.54) is 51.4 Å². The molecule has 0 aromatic carbocycles. The maximum absolute atomic E-state index is 6.14. The van der Waals surface area contributed by atoms with Gasteiger partial charge in [-0.05, 0) is 62.2 Å². The van der Waals surface area contributed by atoms with Gasteiger partial charge >= 0.3 is 0 Å². The first kappa shape index (κ1) is 8.92. The summed E-state index contributed by atoms with van der Waals surface area (Å²) in [5.41, 5.74) is 2.34. The first-order valence-corrected chi connectivity index (χ1v) is 7.52. The molecule has 6 aliphatic rings. The topological polar surface area (TPSA) is 25.1 Å². The van der Waals surface area contributed by atoms with E-state index in [9.17, 15) is 0 Å². The van der Waals surface area contributed by atoms with Crippen molar-refractivity contribution in [1.82, 2.24) is 0 Å². The predicted octanol–water partition coefficient (Wildman–Crippen LogP) is 2.66. The maximum atomic E-state index is 6.14. The molecule has 3 spiro atoms. The largest absolute Gasteiger partial charge is 0.369 e. The van der Waals surface area contributed by atoms with Gasteiger partial charge in [0.05, 0.1) is 13.2 Å². The number of hydrogen-bond acceptors (Lipinski definition) is 2. The van der Waals surface area contributed by atoms with Crippen LogP contribution >= 0.6 is 0 Å². The van der Waals surface area contributed by atoms with Gasteiger partial charge in [0.15, 0.2) is 0 Å². The standard InChI is InChI=1S/C15H20O2/c1-2-11(1)3-4-12-5-7-13(9-16-13)15(11,12)14(8-6-12)10-17-14/h1-10H2/t12?,13-,14-,15?/m1/s1. The van der Waals surface area contributed by atoms with Crippen molar-refractivity contribution < 1.29 is 9.47 Å². The minimum absolute atomic E-state index is 0.285. The van der Waals surface area contributed by atoms with E-state index in [0.29, 0.717) is 16.2 Å². The van der Waals surface area contributed by atoms with Gasteiger partial charge < -0.3 is 9.47 Å². The Morgan fingerprint density at radius 1 is 0.529 bits per heavy atom. The van der Waals surface area contributed by atoms with Crippen molar-refractivity contribution in [1.29, 1.82) is 0 Å². The second-order valence-electron chi connectivity index (χ2n) is 7.88. The summed E-state index contributed by atoms with van der Waals surface area (Å²) < 4.78 is 12.3. The smallest absolute Gasteiger partial charge is 0.101 e. The molecule has 92 valence electrons. The van der Waals surface area contributed by atoms with Crippen LogP contribution in [0.4, 0.5) is 0 Å². The van der Waals surface area contributed by atoms with Gasteiger partial charge in [-0.3, -0.25) is 0 Å². The Bertz CT molecular complexity index is 377. The van der Waals surface area contributed by atoms with Crippen LogP contribution in [-0.4, -0.2) is 24.4 Å². The van der Waals surface area contributed by atoms with Crippen molar-refractivity contribution in [2.75, 3.05) is 13.2 Å². The normalized spacial score (nSPS) is 67.8. The lowest BCUT2D eigenvalue weighted by Gasteiger charge is -2.45. The van der Waals surface area contributed by atoms with E-state index in [1.807, 2.05) is 0 Å². The molecule has 2 nitrogen and oxygen atoms in total. The third kappa shape index (κ3) is 0.596. The molecule has 0 N–H and O–H groups in total. The Labute approximate surface area is 102 Å². The molecule has 2 heterocycles. The SMILES string of the molecule is C1CC12CCC13CC[C@@]4(CO4)C21[C@@]1(CC3)CO1. The van der Waals surface area contributed by atoms with Crippen molar-refractivity contribution in [3.05, 3.63) is 0 Å². The van der Waals surface area contributed by atoms with E-state index in [0.717, 1.165) is 13.2 Å². The number of ether oxygens (including phenoxy) is 2. The fourth-order valence-corrected chi connectivity index (χ4v) is 7.44. The number of hydrogen-bond donors (Lipinski definition) is 0. The van der Waals surface area contributed by atoms with Crippen LogP contribution in [0.3, 0.4) is 0 Å². The lowest BCUT2D eigenvalue weighted by molar-refractivity contribution is -0.0420. The lowest BCUT2D eigenvalue weighted by Crippen LogP contribution is -2.53. The van der Waals surface area contributed by atoms with Crippen LogP contribution < -0.4 is 0 Å². The van der Waals surface area contributed by atoms with E-state index in [-0.39, 0.29) is 11.2 Å². The summed E-state index contributed by atoms with van der Waals surface area (Å²) in [6.07, 6.45) is 11.5. The maximum Gasteiger partial charge on any atom is 0.101 e. The highest BCUT2D eigenvalue weighted by molar-refractivity contribution is 5.42. The van der Waals surface area contributed by atoms with E-state index in [2.05, 4.69) is 0 Å². The highest BCUT2D eigenvalue weighted by Crippen LogP contribution is 2.92. The molecule has 2 atom stereocenters. The second kappa shape index (κ2) is 2.02. The molecular weight excluding hydrogens is 212 g/mol. The third-order valence-electron chi connectivity index (χ3n) is 7.89. The fraction of sp³-hybridized carbons (Fsp3) is 1.00. The molecule has 6 fully saturated rings. The van der Waals surface area contributed by atoms with Crippen LogP contribution in [0.5, 0.6) is 0 Å². The molecule has 2 saturated heterocycles. The molecule has 0 amide bonds. The Balaban J connectivity index is 1.72. The lowest BCUT2D eigenvalue weighted by atomic mass is 9.56. The van der Waals surface area contributed by atoms with Gasteiger partial charge in [0, 0.05) is 5.41 Å². The quantitative estimate of drug-likeness (QED) is 0.600. The Hall–Kier alpha value is -0.0800. The summed E-state index contributed by atoms with van der Waals surface area (Å²) in [5.74, 6) is 0. The van der Waals surface area contributed by atoms with E-state index < -0.39 is 0 Å². The molecule has 0 radical (unpaired) electrons. The first-order valence-electron chi connectivity index (χ1n) is 7.52. The summed E-state index contributed by atoms with van der Waals surface area (Å²) in [4.78, 5) is 0. The molecule has 6 rings (SSSR count). The molecular formula is C15H20O2. The highest BCUT2D eigenvalue weighted by Gasteiger charge is 2.94. The van der Waals surface area contributed by atoms with Crippen LogP contribution in [0.1, 0.15) is 51.4 Å². The van der Waals surface area contributed by atoms with E-state index >= 15 is 0 Å². The van der Waals surface area contributed by atoms with Crippen LogP contribution in [0.25, 0.3) is 0 Å². The molecule has 2 heteroatoms. The zero-order valence-electron chi connectivity index (χ0n) is 10.4. The Morgan fingerprint density at radius 3 is 1.24 bits per heavy atom. The van der Waals surface area contributed by atoms with Gasteiger partial charge in [-0.2, -0.15) is 0 Å². The van der Waals surface area contributed by atoms with Crippen LogP contribution in [0.15, 0.2) is 0 Å². The zero-order chi connectivity index (χ0) is 11.0. The Morgan fingerprint density at radius 2 is 0.882 bits per heavy atom. The fourth-order valence-electron chi connectivity index (χ4n) is 7.44. The second-order valence-corrected chi connectivity index (χ2v) is 7.88. The summed E-state index contributed by atoms with van der Waals surface area (Å²) in [7, 11) is 0. The van der Waals surface area contributed by atoms with Gasteiger partial charge in [-0.1, -0.05) is 0 Å². The molecule has 4 aliphatic carbocycles. The predicted molar refractivity (Wildman–Crippen MR) is 61.6 cm³/mol. The molecule has 0 aromatic heterocycles. The summed E-state index contributed by atoms with van der Waals surface area (Å²) in [6, 6.07) is 0. The van der Waals surface area contributed by atoms with Crippen molar-refractivity contribution in [2.24, 2.45) is 16.2 Å². The average Bonchev–Trinajstić information content (AvgIpc) is 3.18. The van der Waals surface area contributed by atoms with Gasteiger partial charge in [0.2, 0.25) is 0 Å². The summed E-state index contributed by atoms with van der Waals surface area (Å²) >= 11 is 0.